The van der Waals surface area contributed by atoms with Gasteiger partial charge in [-0.3, -0.25) is 10.2 Å². The third kappa shape index (κ3) is 4.57. The zero-order chi connectivity index (χ0) is 25.1. The van der Waals surface area contributed by atoms with E-state index in [1.54, 1.807) is 6.33 Å². The van der Waals surface area contributed by atoms with Gasteiger partial charge in [-0.1, -0.05) is 43.7 Å². The average molecular weight is 471 g/mol. The Hall–Kier alpha value is -4.27. The molecule has 5 rings (SSSR count). The Labute approximate surface area is 203 Å². The summed E-state index contributed by atoms with van der Waals surface area (Å²) in [5.41, 5.74) is 8.95. The minimum absolute atomic E-state index is 0.156. The molecule has 180 valence electrons. The van der Waals surface area contributed by atoms with E-state index in [0.717, 1.165) is 22.4 Å². The number of aryl methyl sites for hydroxylation is 3. The van der Waals surface area contributed by atoms with E-state index < -0.39 is 0 Å². The molecule has 0 bridgehead atoms. The number of aromatic amines is 1. The van der Waals surface area contributed by atoms with Crippen molar-refractivity contribution in [3.63, 3.8) is 0 Å². The van der Waals surface area contributed by atoms with Crippen LogP contribution in [-0.2, 0) is 0 Å². The molecule has 3 heterocycles. The first-order chi connectivity index (χ1) is 16.9. The zero-order valence-corrected chi connectivity index (χ0v) is 20.8. The standard InChI is InChI=1S/C24H24N8O.C2H6/c1-13-8-9-17(15(3)10-13)31-32-23(30-18-7-5-6-14(2)19(18)24(32)33)16(4)29-22-20-21(26-11-25-20)27-12-28-22;1-2/h5-12,16,31H,1-4H3,(H2,25,26,27,28,29);1-2H3. The van der Waals surface area contributed by atoms with Crippen molar-refractivity contribution in [2.45, 2.75) is 47.6 Å². The summed E-state index contributed by atoms with van der Waals surface area (Å²) >= 11 is 0. The van der Waals surface area contributed by atoms with E-state index in [4.69, 9.17) is 4.98 Å². The third-order valence-electron chi connectivity index (χ3n) is 5.71. The van der Waals surface area contributed by atoms with Gasteiger partial charge in [0.25, 0.3) is 5.56 Å². The second kappa shape index (κ2) is 9.92. The number of rotatable bonds is 5. The van der Waals surface area contributed by atoms with Crippen LogP contribution >= 0.6 is 0 Å². The van der Waals surface area contributed by atoms with E-state index in [1.807, 2.05) is 71.9 Å². The molecule has 5 aromatic rings. The average Bonchev–Trinajstić information content (AvgIpc) is 3.33. The fourth-order valence-corrected chi connectivity index (χ4v) is 4.02. The van der Waals surface area contributed by atoms with Gasteiger partial charge in [-0.15, -0.1) is 0 Å². The number of H-pyrrole nitrogens is 1. The monoisotopic (exact) mass is 470 g/mol. The molecule has 0 radical (unpaired) electrons. The molecule has 0 spiro atoms. The number of hydrogen-bond acceptors (Lipinski definition) is 7. The van der Waals surface area contributed by atoms with E-state index in [9.17, 15) is 4.79 Å². The highest BCUT2D eigenvalue weighted by atomic mass is 16.1. The number of anilines is 2. The van der Waals surface area contributed by atoms with Crippen LogP contribution in [0.2, 0.25) is 0 Å². The highest BCUT2D eigenvalue weighted by Gasteiger charge is 2.20. The number of hydrogen-bond donors (Lipinski definition) is 3. The minimum Gasteiger partial charge on any atom is -0.358 e. The summed E-state index contributed by atoms with van der Waals surface area (Å²) in [7, 11) is 0. The summed E-state index contributed by atoms with van der Waals surface area (Å²) in [6.07, 6.45) is 3.03. The van der Waals surface area contributed by atoms with E-state index in [0.29, 0.717) is 33.7 Å². The smallest absolute Gasteiger partial charge is 0.280 e. The lowest BCUT2D eigenvalue weighted by Gasteiger charge is -2.22. The predicted molar refractivity (Wildman–Crippen MR) is 141 cm³/mol. The Balaban J connectivity index is 0.00000141. The van der Waals surface area contributed by atoms with E-state index in [-0.39, 0.29) is 11.6 Å². The zero-order valence-electron chi connectivity index (χ0n) is 20.8. The molecular weight excluding hydrogens is 440 g/mol. The fraction of sp³-hybridized carbons (Fsp3) is 0.269. The fourth-order valence-electron chi connectivity index (χ4n) is 4.02. The van der Waals surface area contributed by atoms with Crippen molar-refractivity contribution in [2.75, 3.05) is 10.7 Å². The van der Waals surface area contributed by atoms with Gasteiger partial charge in [-0.2, -0.15) is 0 Å². The summed E-state index contributed by atoms with van der Waals surface area (Å²) < 4.78 is 1.52. The maximum Gasteiger partial charge on any atom is 0.280 e. The molecule has 0 saturated carbocycles. The van der Waals surface area contributed by atoms with Crippen molar-refractivity contribution in [1.82, 2.24) is 29.6 Å². The molecule has 35 heavy (non-hydrogen) atoms. The maximum absolute atomic E-state index is 13.7. The molecule has 2 aromatic carbocycles. The van der Waals surface area contributed by atoms with Crippen LogP contribution in [-0.4, -0.2) is 29.6 Å². The van der Waals surface area contributed by atoms with Gasteiger partial charge >= 0.3 is 0 Å². The van der Waals surface area contributed by atoms with Crippen molar-refractivity contribution in [2.24, 2.45) is 0 Å². The molecule has 3 N–H and O–H groups in total. The van der Waals surface area contributed by atoms with Gasteiger partial charge in [-0.25, -0.2) is 24.6 Å². The van der Waals surface area contributed by atoms with Crippen molar-refractivity contribution >= 4 is 33.6 Å². The Morgan fingerprint density at radius 1 is 1.00 bits per heavy atom. The number of nitrogens with zero attached hydrogens (tertiary/aromatic N) is 5. The lowest BCUT2D eigenvalue weighted by atomic mass is 10.1. The number of benzene rings is 2. The molecule has 0 saturated heterocycles. The number of imidazole rings is 1. The van der Waals surface area contributed by atoms with Crippen LogP contribution in [0.5, 0.6) is 0 Å². The van der Waals surface area contributed by atoms with Crippen LogP contribution in [0, 0.1) is 20.8 Å². The van der Waals surface area contributed by atoms with Crippen LogP contribution in [0.15, 0.2) is 53.8 Å². The first-order valence-corrected chi connectivity index (χ1v) is 11.7. The molecule has 1 atom stereocenters. The van der Waals surface area contributed by atoms with E-state index >= 15 is 0 Å². The van der Waals surface area contributed by atoms with Gasteiger partial charge in [0.2, 0.25) is 0 Å². The SMILES string of the molecule is CC.Cc1ccc(Nn2c(C(C)Nc3ncnc4nc[nH]c34)nc3cccc(C)c3c2=O)c(C)c1. The van der Waals surface area contributed by atoms with Crippen LogP contribution in [0.25, 0.3) is 22.1 Å². The van der Waals surface area contributed by atoms with Gasteiger partial charge in [0, 0.05) is 0 Å². The summed E-state index contributed by atoms with van der Waals surface area (Å²) in [5, 5.41) is 3.95. The van der Waals surface area contributed by atoms with Crippen LogP contribution in [0.3, 0.4) is 0 Å². The minimum atomic E-state index is -0.359. The van der Waals surface area contributed by atoms with Crippen LogP contribution in [0.1, 0.15) is 49.3 Å². The van der Waals surface area contributed by atoms with Gasteiger partial charge in [-0.05, 0) is 51.0 Å². The molecule has 0 amide bonds. The molecule has 9 nitrogen and oxygen atoms in total. The maximum atomic E-state index is 13.7. The normalized spacial score (nSPS) is 11.7. The summed E-state index contributed by atoms with van der Waals surface area (Å²) in [4.78, 5) is 34.3. The lowest BCUT2D eigenvalue weighted by Crippen LogP contribution is -2.33. The summed E-state index contributed by atoms with van der Waals surface area (Å²) in [5.74, 6) is 1.12. The Kier molecular flexibility index (Phi) is 6.77. The molecule has 0 aliphatic heterocycles. The molecule has 0 fully saturated rings. The van der Waals surface area contributed by atoms with Crippen molar-refractivity contribution in [3.8, 4) is 0 Å². The van der Waals surface area contributed by atoms with Crippen molar-refractivity contribution in [1.29, 1.82) is 0 Å². The largest absolute Gasteiger partial charge is 0.358 e. The van der Waals surface area contributed by atoms with Gasteiger partial charge in [0.15, 0.2) is 17.3 Å². The summed E-state index contributed by atoms with van der Waals surface area (Å²) in [6.45, 7) is 11.9. The first kappa shape index (κ1) is 23.9. The lowest BCUT2D eigenvalue weighted by molar-refractivity contribution is 0.700. The van der Waals surface area contributed by atoms with Crippen molar-refractivity contribution < 1.29 is 0 Å². The molecule has 3 aromatic heterocycles. The highest BCUT2D eigenvalue weighted by molar-refractivity contribution is 5.83. The van der Waals surface area contributed by atoms with Crippen LogP contribution in [0.4, 0.5) is 11.5 Å². The number of nitrogens with one attached hydrogen (secondary N) is 3. The Bertz CT molecular complexity index is 1550. The van der Waals surface area contributed by atoms with Crippen LogP contribution < -0.4 is 16.3 Å². The first-order valence-electron chi connectivity index (χ1n) is 11.7. The number of fused-ring (bicyclic) bond motifs is 2. The summed E-state index contributed by atoms with van der Waals surface area (Å²) in [6, 6.07) is 11.4. The predicted octanol–water partition coefficient (Wildman–Crippen LogP) is 5.06. The van der Waals surface area contributed by atoms with E-state index in [2.05, 4.69) is 36.7 Å². The molecular formula is C26H30N8O. The number of aromatic nitrogens is 6. The molecule has 1 unspecified atom stereocenters. The molecule has 9 heteroatoms. The Morgan fingerprint density at radius 3 is 2.57 bits per heavy atom. The van der Waals surface area contributed by atoms with Crippen molar-refractivity contribution in [3.05, 3.63) is 81.9 Å². The molecule has 0 aliphatic carbocycles. The highest BCUT2D eigenvalue weighted by Crippen LogP contribution is 2.24. The second-order valence-electron chi connectivity index (χ2n) is 8.20. The van der Waals surface area contributed by atoms with Gasteiger partial charge < -0.3 is 10.3 Å². The van der Waals surface area contributed by atoms with E-state index in [1.165, 1.54) is 11.0 Å². The van der Waals surface area contributed by atoms with Gasteiger partial charge in [0.05, 0.1) is 29.0 Å². The third-order valence-corrected chi connectivity index (χ3v) is 5.71. The second-order valence-corrected chi connectivity index (χ2v) is 8.20. The van der Waals surface area contributed by atoms with Gasteiger partial charge in [0.1, 0.15) is 11.8 Å². The quantitative estimate of drug-likeness (QED) is 0.329. The Morgan fingerprint density at radius 2 is 1.80 bits per heavy atom. The molecule has 0 aliphatic rings. The topological polar surface area (TPSA) is 113 Å².